The molecule has 0 aliphatic carbocycles. The minimum Gasteiger partial charge on any atom is -0.484 e. The summed E-state index contributed by atoms with van der Waals surface area (Å²) in [6.45, 7) is 2.20. The molecule has 0 spiro atoms. The Balaban J connectivity index is 1.62. The summed E-state index contributed by atoms with van der Waals surface area (Å²) < 4.78 is 34.7. The van der Waals surface area contributed by atoms with Crippen LogP contribution in [0.15, 0.2) is 67.1 Å². The summed E-state index contributed by atoms with van der Waals surface area (Å²) in [6.07, 6.45) is 4.43. The molecule has 0 saturated carbocycles. The van der Waals surface area contributed by atoms with E-state index in [1.165, 1.54) is 0 Å². The molecule has 0 aliphatic heterocycles. The van der Waals surface area contributed by atoms with Crippen molar-refractivity contribution in [2.75, 3.05) is 0 Å². The number of benzene rings is 2. The Kier molecular flexibility index (Phi) is 5.41. The van der Waals surface area contributed by atoms with Crippen molar-refractivity contribution < 1.29 is 18.3 Å². The Labute approximate surface area is 177 Å². The molecule has 2 N–H and O–H groups in total. The molecule has 2 atom stereocenters. The predicted octanol–water partition coefficient (Wildman–Crippen LogP) is 4.03. The van der Waals surface area contributed by atoms with Crippen molar-refractivity contribution in [1.29, 1.82) is 0 Å². The second-order valence-corrected chi connectivity index (χ2v) is 7.33. The number of nitrogens with one attached hydrogen (secondary N) is 2. The van der Waals surface area contributed by atoms with E-state index < -0.39 is 24.0 Å². The van der Waals surface area contributed by atoms with Crippen LogP contribution in [-0.2, 0) is 4.79 Å². The van der Waals surface area contributed by atoms with Crippen LogP contribution in [0.25, 0.3) is 16.6 Å². The highest BCUT2D eigenvalue weighted by Gasteiger charge is 2.35. The maximum atomic E-state index is 13.4. The maximum Gasteiger partial charge on any atom is 0.321 e. The van der Waals surface area contributed by atoms with Crippen LogP contribution < -0.4 is 10.1 Å². The lowest BCUT2D eigenvalue weighted by atomic mass is 10.0. The number of nitrogens with zero attached hydrogens (tertiary/aromatic N) is 3. The van der Waals surface area contributed by atoms with Crippen LogP contribution in [-0.4, -0.2) is 37.8 Å². The van der Waals surface area contributed by atoms with Gasteiger partial charge in [0.15, 0.2) is 0 Å². The van der Waals surface area contributed by atoms with Gasteiger partial charge in [-0.2, -0.15) is 19.0 Å². The van der Waals surface area contributed by atoms with Gasteiger partial charge in [-0.25, -0.2) is 4.68 Å². The van der Waals surface area contributed by atoms with E-state index in [9.17, 15) is 13.6 Å². The van der Waals surface area contributed by atoms with E-state index in [0.29, 0.717) is 12.7 Å². The third-order valence-electron chi connectivity index (χ3n) is 4.87. The molecule has 0 fully saturated rings. The summed E-state index contributed by atoms with van der Waals surface area (Å²) in [7, 11) is 0. The Hall–Kier alpha value is -3.75. The summed E-state index contributed by atoms with van der Waals surface area (Å²) in [5.41, 5.74) is 2.41. The summed E-state index contributed by atoms with van der Waals surface area (Å²) in [6, 6.07) is 13.9. The number of hydrogen-bond acceptors (Lipinski definition) is 4. The molecule has 7 nitrogen and oxygen atoms in total. The van der Waals surface area contributed by atoms with Gasteiger partial charge in [0.1, 0.15) is 17.5 Å². The van der Waals surface area contributed by atoms with Crippen molar-refractivity contribution in [1.82, 2.24) is 25.3 Å². The zero-order chi connectivity index (χ0) is 22.0. The number of H-pyrrole nitrogens is 1. The summed E-state index contributed by atoms with van der Waals surface area (Å²) in [5.74, 6) is -4.30. The van der Waals surface area contributed by atoms with Crippen LogP contribution in [0.3, 0.4) is 0 Å². The zero-order valence-corrected chi connectivity index (χ0v) is 16.9. The van der Waals surface area contributed by atoms with Gasteiger partial charge < -0.3 is 10.1 Å². The molecule has 0 radical (unpaired) electrons. The number of alkyl halides is 2. The van der Waals surface area contributed by atoms with E-state index in [2.05, 4.69) is 20.6 Å². The van der Waals surface area contributed by atoms with Crippen molar-refractivity contribution in [2.24, 2.45) is 0 Å². The fraction of sp³-hybridized carbons (Fsp3) is 0.227. The number of carbonyl (C=O) groups excluding carboxylic acids is 1. The highest BCUT2D eigenvalue weighted by Crippen LogP contribution is 2.29. The van der Waals surface area contributed by atoms with Gasteiger partial charge in [-0.3, -0.25) is 9.89 Å². The van der Waals surface area contributed by atoms with Gasteiger partial charge in [-0.15, -0.1) is 0 Å². The summed E-state index contributed by atoms with van der Waals surface area (Å²) in [4.78, 5) is 11.8. The third kappa shape index (κ3) is 4.40. The molecule has 2 aromatic carbocycles. The van der Waals surface area contributed by atoms with Crippen molar-refractivity contribution >= 4 is 16.8 Å². The first kappa shape index (κ1) is 20.5. The molecule has 160 valence electrons. The second kappa shape index (κ2) is 8.17. The molecule has 0 bridgehead atoms. The zero-order valence-electron chi connectivity index (χ0n) is 16.9. The van der Waals surface area contributed by atoms with Crippen LogP contribution in [0.4, 0.5) is 8.78 Å². The molecular formula is C22H21F2N5O2. The number of fused-ring (bicyclic) bond motifs is 1. The molecule has 0 aliphatic rings. The first-order valence-electron chi connectivity index (χ1n) is 9.70. The van der Waals surface area contributed by atoms with Gasteiger partial charge in [0.2, 0.25) is 0 Å². The van der Waals surface area contributed by atoms with E-state index in [0.717, 1.165) is 22.2 Å². The molecule has 2 heterocycles. The number of aromatic nitrogens is 4. The van der Waals surface area contributed by atoms with Gasteiger partial charge in [0, 0.05) is 18.5 Å². The Morgan fingerprint density at radius 3 is 2.65 bits per heavy atom. The third-order valence-corrected chi connectivity index (χ3v) is 4.87. The number of ether oxygens (including phenoxy) is 1. The highest BCUT2D eigenvalue weighted by molar-refractivity contribution is 5.83. The Morgan fingerprint density at radius 1 is 1.19 bits per heavy atom. The highest BCUT2D eigenvalue weighted by atomic mass is 19.3. The molecule has 31 heavy (non-hydrogen) atoms. The minimum atomic E-state index is -3.48. The van der Waals surface area contributed by atoms with Crippen LogP contribution in [0, 0.1) is 0 Å². The van der Waals surface area contributed by atoms with Crippen molar-refractivity contribution in [3.63, 3.8) is 0 Å². The lowest BCUT2D eigenvalue weighted by Gasteiger charge is -2.27. The van der Waals surface area contributed by atoms with E-state index in [-0.39, 0.29) is 0 Å². The molecule has 4 aromatic rings. The van der Waals surface area contributed by atoms with E-state index in [1.54, 1.807) is 36.3 Å². The normalized spacial score (nSPS) is 13.7. The Bertz CT molecular complexity index is 1170. The van der Waals surface area contributed by atoms with Crippen LogP contribution in [0.1, 0.15) is 25.5 Å². The molecule has 0 unspecified atom stereocenters. The van der Waals surface area contributed by atoms with Crippen molar-refractivity contribution in [2.45, 2.75) is 31.9 Å². The van der Waals surface area contributed by atoms with E-state index in [1.807, 2.05) is 42.5 Å². The number of hydrogen-bond donors (Lipinski definition) is 2. The van der Waals surface area contributed by atoms with Gasteiger partial charge >= 0.3 is 5.92 Å². The quantitative estimate of drug-likeness (QED) is 0.468. The lowest BCUT2D eigenvalue weighted by molar-refractivity contribution is -0.144. The fourth-order valence-electron chi connectivity index (χ4n) is 3.31. The van der Waals surface area contributed by atoms with E-state index in [4.69, 9.17) is 4.74 Å². The standard InChI is InChI=1S/C22H21F2N5O2/c1-14(28-21(30)22(2,23)24)20(15-6-4-3-5-7-15)31-18-8-9-19-16(10-18)11-27-29(19)17-12-25-26-13-17/h3-14,20H,1-2H3,(H,25,26)(H,28,30)/t14-,20-/m0/s1. The Morgan fingerprint density at radius 2 is 1.97 bits per heavy atom. The smallest absolute Gasteiger partial charge is 0.321 e. The molecule has 9 heteroatoms. The maximum absolute atomic E-state index is 13.4. The fourth-order valence-corrected chi connectivity index (χ4v) is 3.31. The average Bonchev–Trinajstić information content (AvgIpc) is 3.41. The molecule has 1 amide bonds. The summed E-state index contributed by atoms with van der Waals surface area (Å²) >= 11 is 0. The van der Waals surface area contributed by atoms with E-state index >= 15 is 0 Å². The van der Waals surface area contributed by atoms with Gasteiger partial charge in [-0.1, -0.05) is 30.3 Å². The number of rotatable bonds is 7. The van der Waals surface area contributed by atoms with Crippen molar-refractivity contribution in [3.8, 4) is 11.4 Å². The topological polar surface area (TPSA) is 84.8 Å². The number of aromatic amines is 1. The van der Waals surface area contributed by atoms with Gasteiger partial charge in [0.05, 0.1) is 24.0 Å². The predicted molar refractivity (Wildman–Crippen MR) is 111 cm³/mol. The minimum absolute atomic E-state index is 0.525. The summed E-state index contributed by atoms with van der Waals surface area (Å²) in [5, 5.41) is 14.3. The van der Waals surface area contributed by atoms with Gasteiger partial charge in [-0.05, 0) is 30.7 Å². The van der Waals surface area contributed by atoms with Crippen LogP contribution >= 0.6 is 0 Å². The average molecular weight is 425 g/mol. The first-order chi connectivity index (χ1) is 14.8. The molecule has 4 rings (SSSR count). The molecule has 0 saturated heterocycles. The second-order valence-electron chi connectivity index (χ2n) is 7.33. The number of halogens is 2. The van der Waals surface area contributed by atoms with Crippen LogP contribution in [0.5, 0.6) is 5.75 Å². The monoisotopic (exact) mass is 425 g/mol. The molecule has 2 aromatic heterocycles. The van der Waals surface area contributed by atoms with Gasteiger partial charge in [0.25, 0.3) is 5.91 Å². The largest absolute Gasteiger partial charge is 0.484 e. The SMILES string of the molecule is C[C@H](NC(=O)C(C)(F)F)[C@H](Oc1ccc2c(cnn2-c2cn[nH]c2)c1)c1ccccc1. The first-order valence-corrected chi connectivity index (χ1v) is 9.70. The number of carbonyl (C=O) groups is 1. The van der Waals surface area contributed by atoms with Crippen LogP contribution in [0.2, 0.25) is 0 Å². The number of amides is 1. The lowest BCUT2D eigenvalue weighted by Crippen LogP contribution is -2.46. The molecular weight excluding hydrogens is 404 g/mol. The van der Waals surface area contributed by atoms with Crippen molar-refractivity contribution in [3.05, 3.63) is 72.7 Å².